The van der Waals surface area contributed by atoms with Crippen LogP contribution in [0.3, 0.4) is 0 Å². The summed E-state index contributed by atoms with van der Waals surface area (Å²) >= 11 is 0. The molecule has 19 heavy (non-hydrogen) atoms. The van der Waals surface area contributed by atoms with E-state index in [2.05, 4.69) is 18.6 Å². The summed E-state index contributed by atoms with van der Waals surface area (Å²) in [4.78, 5) is 0.269. The molecule has 0 amide bonds. The number of nitrogens with one attached hydrogen (secondary N) is 1. The molecule has 0 bridgehead atoms. The number of hydrogen-bond donors (Lipinski definition) is 1. The molecule has 0 aromatic heterocycles. The van der Waals surface area contributed by atoms with Gasteiger partial charge in [0.1, 0.15) is 5.75 Å². The summed E-state index contributed by atoms with van der Waals surface area (Å²) in [7, 11) is -3.41. The molecule has 4 nitrogen and oxygen atoms in total. The molecule has 1 aromatic carbocycles. The van der Waals surface area contributed by atoms with E-state index in [-0.39, 0.29) is 10.8 Å². The van der Waals surface area contributed by atoms with Crippen LogP contribution in [0, 0.1) is 11.8 Å². The van der Waals surface area contributed by atoms with Gasteiger partial charge in [-0.3, -0.25) is 0 Å². The first-order valence-corrected chi connectivity index (χ1v) is 8.02. The molecule has 0 saturated carbocycles. The molecule has 0 aliphatic rings. The Hall–Kier alpha value is -1.07. The van der Waals surface area contributed by atoms with E-state index in [0.29, 0.717) is 24.8 Å². The first kappa shape index (κ1) is 16.0. The fourth-order valence-corrected chi connectivity index (χ4v) is 2.55. The molecule has 0 heterocycles. The Morgan fingerprint density at radius 1 is 1.05 bits per heavy atom. The molecule has 0 radical (unpaired) electrons. The van der Waals surface area contributed by atoms with Gasteiger partial charge in [-0.1, -0.05) is 27.7 Å². The maximum absolute atomic E-state index is 12.0. The molecule has 0 aliphatic carbocycles. The Labute approximate surface area is 116 Å². The van der Waals surface area contributed by atoms with Crippen molar-refractivity contribution in [3.8, 4) is 5.75 Å². The predicted octanol–water partition coefficient (Wildman–Crippen LogP) is 2.66. The van der Waals surface area contributed by atoms with Gasteiger partial charge in [-0.25, -0.2) is 13.1 Å². The predicted molar refractivity (Wildman–Crippen MR) is 76.8 cm³/mol. The Balaban J connectivity index is 2.69. The number of hydrogen-bond acceptors (Lipinski definition) is 3. The summed E-state index contributed by atoms with van der Waals surface area (Å²) in [6.07, 6.45) is 0. The first-order chi connectivity index (χ1) is 8.81. The first-order valence-electron chi connectivity index (χ1n) is 6.54. The van der Waals surface area contributed by atoms with Crippen LogP contribution in [-0.4, -0.2) is 21.6 Å². The third kappa shape index (κ3) is 5.61. The van der Waals surface area contributed by atoms with Gasteiger partial charge < -0.3 is 4.74 Å². The van der Waals surface area contributed by atoms with Crippen molar-refractivity contribution in [1.29, 1.82) is 0 Å². The van der Waals surface area contributed by atoms with E-state index in [1.807, 2.05) is 13.8 Å². The van der Waals surface area contributed by atoms with Crippen LogP contribution in [0.4, 0.5) is 0 Å². The van der Waals surface area contributed by atoms with Crippen molar-refractivity contribution in [2.75, 3.05) is 13.2 Å². The molecule has 108 valence electrons. The lowest BCUT2D eigenvalue weighted by atomic mass is 10.2. The normalized spacial score (nSPS) is 12.1. The maximum Gasteiger partial charge on any atom is 0.240 e. The lowest BCUT2D eigenvalue weighted by Crippen LogP contribution is -2.27. The highest BCUT2D eigenvalue weighted by atomic mass is 32.2. The highest BCUT2D eigenvalue weighted by Gasteiger charge is 2.13. The third-order valence-electron chi connectivity index (χ3n) is 2.40. The van der Waals surface area contributed by atoms with Gasteiger partial charge in [-0.05, 0) is 36.1 Å². The van der Waals surface area contributed by atoms with Gasteiger partial charge in [0.05, 0.1) is 11.5 Å². The molecule has 0 aliphatic heterocycles. The highest BCUT2D eigenvalue weighted by Crippen LogP contribution is 2.16. The van der Waals surface area contributed by atoms with Crippen molar-refractivity contribution in [2.24, 2.45) is 11.8 Å². The molecule has 0 fully saturated rings. The van der Waals surface area contributed by atoms with Crippen LogP contribution in [-0.2, 0) is 10.0 Å². The number of ether oxygens (including phenoxy) is 1. The minimum Gasteiger partial charge on any atom is -0.493 e. The van der Waals surface area contributed by atoms with Crippen molar-refractivity contribution >= 4 is 10.0 Å². The van der Waals surface area contributed by atoms with Gasteiger partial charge in [0.25, 0.3) is 0 Å². The lowest BCUT2D eigenvalue weighted by molar-refractivity contribution is 0.271. The van der Waals surface area contributed by atoms with E-state index in [1.54, 1.807) is 24.3 Å². The third-order valence-corrected chi connectivity index (χ3v) is 3.84. The van der Waals surface area contributed by atoms with Gasteiger partial charge in [-0.2, -0.15) is 0 Å². The summed E-state index contributed by atoms with van der Waals surface area (Å²) in [6.45, 7) is 9.12. The van der Waals surface area contributed by atoms with Crippen LogP contribution in [0.25, 0.3) is 0 Å². The molecule has 1 aromatic rings. The Morgan fingerprint density at radius 3 is 2.11 bits per heavy atom. The van der Waals surface area contributed by atoms with Crippen LogP contribution >= 0.6 is 0 Å². The fraction of sp³-hybridized carbons (Fsp3) is 0.571. The van der Waals surface area contributed by atoms with E-state index < -0.39 is 10.0 Å². The van der Waals surface area contributed by atoms with Crippen LogP contribution in [0.2, 0.25) is 0 Å². The van der Waals surface area contributed by atoms with E-state index >= 15 is 0 Å². The Bertz CT molecular complexity index is 478. The van der Waals surface area contributed by atoms with Gasteiger partial charge in [-0.15, -0.1) is 0 Å². The maximum atomic E-state index is 12.0. The zero-order valence-corrected chi connectivity index (χ0v) is 12.8. The molecule has 1 rings (SSSR count). The summed E-state index contributed by atoms with van der Waals surface area (Å²) in [6, 6.07) is 6.51. The SMILES string of the molecule is CC(C)CNS(=O)(=O)c1ccc(OCC(C)C)cc1. The van der Waals surface area contributed by atoms with Crippen LogP contribution in [0.15, 0.2) is 29.2 Å². The minimum absolute atomic E-state index is 0.269. The number of benzene rings is 1. The summed E-state index contributed by atoms with van der Waals surface area (Å²) in [5, 5.41) is 0. The molecule has 0 atom stereocenters. The van der Waals surface area contributed by atoms with Crippen LogP contribution in [0.5, 0.6) is 5.75 Å². The summed E-state index contributed by atoms with van der Waals surface area (Å²) < 4.78 is 32.0. The largest absolute Gasteiger partial charge is 0.493 e. The van der Waals surface area contributed by atoms with E-state index in [9.17, 15) is 8.42 Å². The van der Waals surface area contributed by atoms with E-state index in [0.717, 1.165) is 0 Å². The average molecular weight is 285 g/mol. The summed E-state index contributed by atoms with van der Waals surface area (Å²) in [5.41, 5.74) is 0. The topological polar surface area (TPSA) is 55.4 Å². The van der Waals surface area contributed by atoms with Gasteiger partial charge >= 0.3 is 0 Å². The van der Waals surface area contributed by atoms with Gasteiger partial charge in [0, 0.05) is 6.54 Å². The van der Waals surface area contributed by atoms with Crippen molar-refractivity contribution in [1.82, 2.24) is 4.72 Å². The summed E-state index contributed by atoms with van der Waals surface area (Å²) in [5.74, 6) is 1.41. The minimum atomic E-state index is -3.41. The van der Waals surface area contributed by atoms with Crippen molar-refractivity contribution in [3.63, 3.8) is 0 Å². The quantitative estimate of drug-likeness (QED) is 0.838. The van der Waals surface area contributed by atoms with Crippen molar-refractivity contribution < 1.29 is 13.2 Å². The van der Waals surface area contributed by atoms with E-state index in [4.69, 9.17) is 4.74 Å². The zero-order valence-electron chi connectivity index (χ0n) is 12.0. The van der Waals surface area contributed by atoms with Crippen molar-refractivity contribution in [3.05, 3.63) is 24.3 Å². The molecule has 1 N–H and O–H groups in total. The van der Waals surface area contributed by atoms with Crippen LogP contribution in [0.1, 0.15) is 27.7 Å². The van der Waals surface area contributed by atoms with E-state index in [1.165, 1.54) is 0 Å². The monoisotopic (exact) mass is 285 g/mol. The van der Waals surface area contributed by atoms with Gasteiger partial charge in [0.2, 0.25) is 10.0 Å². The van der Waals surface area contributed by atoms with Gasteiger partial charge in [0.15, 0.2) is 0 Å². The second kappa shape index (κ2) is 6.91. The highest BCUT2D eigenvalue weighted by molar-refractivity contribution is 7.89. The second-order valence-corrected chi connectivity index (χ2v) is 7.19. The smallest absolute Gasteiger partial charge is 0.240 e. The lowest BCUT2D eigenvalue weighted by Gasteiger charge is -2.11. The Kier molecular flexibility index (Phi) is 5.82. The molecule has 0 saturated heterocycles. The fourth-order valence-electron chi connectivity index (χ4n) is 1.34. The molecular formula is C14H23NO3S. The molecule has 0 spiro atoms. The Morgan fingerprint density at radius 2 is 1.63 bits per heavy atom. The molecule has 0 unspecified atom stereocenters. The number of sulfonamides is 1. The van der Waals surface area contributed by atoms with Crippen molar-refractivity contribution in [2.45, 2.75) is 32.6 Å². The number of rotatable bonds is 7. The van der Waals surface area contributed by atoms with Crippen LogP contribution < -0.4 is 9.46 Å². The standard InChI is InChI=1S/C14H23NO3S/c1-11(2)9-15-19(16,17)14-7-5-13(6-8-14)18-10-12(3)4/h5-8,11-12,15H,9-10H2,1-4H3. The average Bonchev–Trinajstić information content (AvgIpc) is 2.34. The molecule has 5 heteroatoms. The zero-order chi connectivity index (χ0) is 14.5. The molecular weight excluding hydrogens is 262 g/mol. The second-order valence-electron chi connectivity index (χ2n) is 5.42.